The Morgan fingerprint density at radius 1 is 1.56 bits per heavy atom. The van der Waals surface area contributed by atoms with Gasteiger partial charge in [0.15, 0.2) is 0 Å². The van der Waals surface area contributed by atoms with Gasteiger partial charge in [-0.05, 0) is 32.9 Å². The number of aliphatic hydroxyl groups excluding tert-OH is 1. The quantitative estimate of drug-likeness (QED) is 0.628. The van der Waals surface area contributed by atoms with Crippen molar-refractivity contribution in [2.24, 2.45) is 0 Å². The fourth-order valence-corrected chi connectivity index (χ4v) is 1.34. The molecule has 6 heteroatoms. The third-order valence-corrected chi connectivity index (χ3v) is 2.82. The van der Waals surface area contributed by atoms with E-state index in [-0.39, 0.29) is 11.3 Å². The number of nitro benzene ring substituents is 1. The molecule has 0 saturated heterocycles. The highest BCUT2D eigenvalue weighted by molar-refractivity contribution is 5.59. The van der Waals surface area contributed by atoms with Crippen LogP contribution in [-0.2, 0) is 0 Å². The average molecular weight is 249 g/mol. The number of nitrogens with zero attached hydrogens (tertiary/aromatic N) is 2. The highest BCUT2D eigenvalue weighted by Gasteiger charge is 2.24. The summed E-state index contributed by atoms with van der Waals surface area (Å²) in [6.45, 7) is 5.24. The third-order valence-electron chi connectivity index (χ3n) is 2.82. The van der Waals surface area contributed by atoms with Crippen molar-refractivity contribution in [1.82, 2.24) is 0 Å². The van der Waals surface area contributed by atoms with E-state index in [4.69, 9.17) is 5.26 Å². The van der Waals surface area contributed by atoms with Crippen LogP contribution in [0.15, 0.2) is 18.2 Å². The van der Waals surface area contributed by atoms with E-state index >= 15 is 0 Å². The lowest BCUT2D eigenvalue weighted by molar-refractivity contribution is -0.385. The molecule has 1 aromatic carbocycles. The Bertz CT molecular complexity index is 504. The van der Waals surface area contributed by atoms with E-state index in [0.29, 0.717) is 5.69 Å². The second-order valence-electron chi connectivity index (χ2n) is 4.62. The van der Waals surface area contributed by atoms with Crippen molar-refractivity contribution < 1.29 is 10.0 Å². The van der Waals surface area contributed by atoms with Gasteiger partial charge in [-0.2, -0.15) is 5.26 Å². The minimum absolute atomic E-state index is 0.00797. The summed E-state index contributed by atoms with van der Waals surface area (Å²) in [5, 5.41) is 32.2. The minimum atomic E-state index is -0.613. The van der Waals surface area contributed by atoms with Crippen molar-refractivity contribution in [1.29, 1.82) is 5.26 Å². The Hall–Kier alpha value is -2.13. The standard InChI is InChI=1S/C12H15N3O3/c1-8(16)12(2,3)14-10-4-5-11(15(17)18)9(6-10)7-13/h4-6,8,14,16H,1-3H3. The molecule has 1 atom stereocenters. The van der Waals surface area contributed by atoms with Crippen LogP contribution >= 0.6 is 0 Å². The number of benzene rings is 1. The molecule has 0 fully saturated rings. The molecule has 0 spiro atoms. The van der Waals surface area contributed by atoms with Crippen LogP contribution in [0.2, 0.25) is 0 Å². The largest absolute Gasteiger partial charge is 0.391 e. The van der Waals surface area contributed by atoms with Gasteiger partial charge in [0.1, 0.15) is 11.6 Å². The van der Waals surface area contributed by atoms with Crippen LogP contribution in [0.5, 0.6) is 0 Å². The molecule has 1 unspecified atom stereocenters. The highest BCUT2D eigenvalue weighted by Crippen LogP contribution is 2.24. The molecule has 0 aliphatic rings. The van der Waals surface area contributed by atoms with Crippen LogP contribution in [0.1, 0.15) is 26.3 Å². The number of nitro groups is 1. The SMILES string of the molecule is CC(O)C(C)(C)Nc1ccc([N+](=O)[O-])c(C#N)c1. The lowest BCUT2D eigenvalue weighted by Gasteiger charge is -2.30. The van der Waals surface area contributed by atoms with Crippen molar-refractivity contribution >= 4 is 11.4 Å². The Labute approximate surface area is 105 Å². The topological polar surface area (TPSA) is 99.2 Å². The monoisotopic (exact) mass is 249 g/mol. The summed E-state index contributed by atoms with van der Waals surface area (Å²) < 4.78 is 0. The zero-order valence-electron chi connectivity index (χ0n) is 10.5. The van der Waals surface area contributed by atoms with Gasteiger partial charge in [0, 0.05) is 11.8 Å². The Balaban J connectivity index is 3.08. The summed E-state index contributed by atoms with van der Waals surface area (Å²) in [5.41, 5.74) is -0.268. The van der Waals surface area contributed by atoms with E-state index in [1.165, 1.54) is 18.2 Å². The van der Waals surface area contributed by atoms with Gasteiger partial charge >= 0.3 is 0 Å². The molecule has 1 rings (SSSR count). The molecule has 0 heterocycles. The van der Waals surface area contributed by atoms with Gasteiger partial charge in [-0.1, -0.05) is 0 Å². The van der Waals surface area contributed by atoms with Crippen molar-refractivity contribution in [3.05, 3.63) is 33.9 Å². The van der Waals surface area contributed by atoms with Gasteiger partial charge in [-0.25, -0.2) is 0 Å². The first-order valence-electron chi connectivity index (χ1n) is 5.42. The van der Waals surface area contributed by atoms with Gasteiger partial charge in [0.05, 0.1) is 16.6 Å². The minimum Gasteiger partial charge on any atom is -0.391 e. The number of aliphatic hydroxyl groups is 1. The molecular formula is C12H15N3O3. The van der Waals surface area contributed by atoms with Gasteiger partial charge < -0.3 is 10.4 Å². The van der Waals surface area contributed by atoms with Gasteiger partial charge in [-0.15, -0.1) is 0 Å². The van der Waals surface area contributed by atoms with E-state index in [2.05, 4.69) is 5.32 Å². The molecule has 1 aromatic rings. The lowest BCUT2D eigenvalue weighted by atomic mass is 9.98. The van der Waals surface area contributed by atoms with Gasteiger partial charge in [0.2, 0.25) is 0 Å². The van der Waals surface area contributed by atoms with Crippen LogP contribution in [0.25, 0.3) is 0 Å². The van der Waals surface area contributed by atoms with E-state index < -0.39 is 16.6 Å². The first-order chi connectivity index (χ1) is 8.27. The molecule has 0 aromatic heterocycles. The maximum atomic E-state index is 10.7. The zero-order chi connectivity index (χ0) is 13.9. The van der Waals surface area contributed by atoms with Crippen molar-refractivity contribution in [3.63, 3.8) is 0 Å². The van der Waals surface area contributed by atoms with Crippen LogP contribution in [-0.4, -0.2) is 21.7 Å². The predicted molar refractivity (Wildman–Crippen MR) is 67.2 cm³/mol. The summed E-state index contributed by atoms with van der Waals surface area (Å²) in [4.78, 5) is 10.1. The van der Waals surface area contributed by atoms with E-state index in [1.807, 2.05) is 0 Å². The number of hydrogen-bond acceptors (Lipinski definition) is 5. The van der Waals surface area contributed by atoms with Crippen molar-refractivity contribution in [3.8, 4) is 6.07 Å². The van der Waals surface area contributed by atoms with Crippen LogP contribution in [0.3, 0.4) is 0 Å². The fourth-order valence-electron chi connectivity index (χ4n) is 1.34. The Morgan fingerprint density at radius 3 is 2.61 bits per heavy atom. The Kier molecular flexibility index (Phi) is 3.89. The normalized spacial score (nSPS) is 12.6. The fraction of sp³-hybridized carbons (Fsp3) is 0.417. The summed E-state index contributed by atoms with van der Waals surface area (Å²) in [7, 11) is 0. The number of nitrogens with one attached hydrogen (secondary N) is 1. The number of rotatable bonds is 4. The summed E-state index contributed by atoms with van der Waals surface area (Å²) >= 11 is 0. The summed E-state index contributed by atoms with van der Waals surface area (Å²) in [6, 6.07) is 5.99. The summed E-state index contributed by atoms with van der Waals surface area (Å²) in [6.07, 6.45) is -0.613. The van der Waals surface area contributed by atoms with E-state index in [1.54, 1.807) is 26.8 Å². The van der Waals surface area contributed by atoms with Crippen LogP contribution in [0.4, 0.5) is 11.4 Å². The molecule has 0 bridgehead atoms. The van der Waals surface area contributed by atoms with Crippen LogP contribution < -0.4 is 5.32 Å². The van der Waals surface area contributed by atoms with Crippen LogP contribution in [0, 0.1) is 21.4 Å². The van der Waals surface area contributed by atoms with E-state index in [9.17, 15) is 15.2 Å². The van der Waals surface area contributed by atoms with Gasteiger partial charge in [-0.3, -0.25) is 10.1 Å². The first kappa shape index (κ1) is 13.9. The molecule has 6 nitrogen and oxygen atoms in total. The molecule has 0 aliphatic carbocycles. The number of anilines is 1. The second kappa shape index (κ2) is 5.02. The van der Waals surface area contributed by atoms with Crippen molar-refractivity contribution in [2.75, 3.05) is 5.32 Å². The van der Waals surface area contributed by atoms with Gasteiger partial charge in [0.25, 0.3) is 5.69 Å². The molecule has 0 aliphatic heterocycles. The predicted octanol–water partition coefficient (Wildman–Crippen LogP) is 2.04. The smallest absolute Gasteiger partial charge is 0.287 e. The van der Waals surface area contributed by atoms with Crippen molar-refractivity contribution in [2.45, 2.75) is 32.4 Å². The number of hydrogen-bond donors (Lipinski definition) is 2. The average Bonchev–Trinajstić information content (AvgIpc) is 2.27. The molecule has 96 valence electrons. The maximum absolute atomic E-state index is 10.7. The Morgan fingerprint density at radius 2 is 2.17 bits per heavy atom. The number of nitriles is 1. The summed E-state index contributed by atoms with van der Waals surface area (Å²) in [5.74, 6) is 0. The van der Waals surface area contributed by atoms with E-state index in [0.717, 1.165) is 0 Å². The molecule has 2 N–H and O–H groups in total. The highest BCUT2D eigenvalue weighted by atomic mass is 16.6. The molecular weight excluding hydrogens is 234 g/mol. The molecule has 0 saturated carbocycles. The molecule has 0 radical (unpaired) electrons. The molecule has 0 amide bonds. The second-order valence-corrected chi connectivity index (χ2v) is 4.62. The first-order valence-corrected chi connectivity index (χ1v) is 5.42. The molecule has 18 heavy (non-hydrogen) atoms. The lowest BCUT2D eigenvalue weighted by Crippen LogP contribution is -2.41. The third kappa shape index (κ3) is 2.96. The zero-order valence-corrected chi connectivity index (χ0v) is 10.5. The maximum Gasteiger partial charge on any atom is 0.287 e.